The van der Waals surface area contributed by atoms with E-state index in [0.29, 0.717) is 6.54 Å². The number of amides is 1. The molecule has 2 N–H and O–H groups in total. The van der Waals surface area contributed by atoms with E-state index in [-0.39, 0.29) is 11.9 Å². The first-order valence-electron chi connectivity index (χ1n) is 8.68. The number of carbonyl (C=O) groups is 1. The Morgan fingerprint density at radius 2 is 1.60 bits per heavy atom. The summed E-state index contributed by atoms with van der Waals surface area (Å²) in [4.78, 5) is 12.7. The lowest BCUT2D eigenvalue weighted by Crippen LogP contribution is -2.24. The van der Waals surface area contributed by atoms with Gasteiger partial charge in [0.05, 0.1) is 11.6 Å². The summed E-state index contributed by atoms with van der Waals surface area (Å²) in [5.74, 6) is 0.0577. The predicted octanol–water partition coefficient (Wildman–Crippen LogP) is 3.62. The molecule has 1 atom stereocenters. The van der Waals surface area contributed by atoms with Crippen LogP contribution in [0.25, 0.3) is 16.7 Å². The van der Waals surface area contributed by atoms with Crippen molar-refractivity contribution < 1.29 is 4.79 Å². The van der Waals surface area contributed by atoms with Crippen LogP contribution in [0.3, 0.4) is 0 Å². The Morgan fingerprint density at radius 1 is 0.880 bits per heavy atom. The van der Waals surface area contributed by atoms with Gasteiger partial charge < -0.3 is 10.6 Å². The van der Waals surface area contributed by atoms with E-state index in [1.807, 2.05) is 0 Å². The van der Waals surface area contributed by atoms with Gasteiger partial charge in [0.15, 0.2) is 0 Å². The Hall–Kier alpha value is -3.07. The SMILES string of the molecule is CC1=C2C(=C3C(=O)NCC3=C3c4ccccc4NC23)c2ccccc21. The molecule has 2 heterocycles. The zero-order valence-corrected chi connectivity index (χ0v) is 13.8. The molecule has 1 saturated heterocycles. The van der Waals surface area contributed by atoms with Gasteiger partial charge in [-0.15, -0.1) is 0 Å². The molecule has 0 aromatic heterocycles. The Bertz CT molecular complexity index is 1100. The number of hydrogen-bond donors (Lipinski definition) is 2. The molecule has 1 fully saturated rings. The van der Waals surface area contributed by atoms with Gasteiger partial charge >= 0.3 is 0 Å². The normalized spacial score (nSPS) is 22.3. The van der Waals surface area contributed by atoms with E-state index < -0.39 is 0 Å². The highest BCUT2D eigenvalue weighted by Gasteiger charge is 2.46. The van der Waals surface area contributed by atoms with E-state index in [9.17, 15) is 4.79 Å². The van der Waals surface area contributed by atoms with Crippen molar-refractivity contribution >= 4 is 28.3 Å². The van der Waals surface area contributed by atoms with Crippen LogP contribution < -0.4 is 10.6 Å². The second kappa shape index (κ2) is 4.31. The van der Waals surface area contributed by atoms with Crippen molar-refractivity contribution in [3.63, 3.8) is 0 Å². The first-order chi connectivity index (χ1) is 12.3. The molecule has 2 aliphatic heterocycles. The number of benzene rings is 2. The topological polar surface area (TPSA) is 41.1 Å². The van der Waals surface area contributed by atoms with Crippen LogP contribution in [0.5, 0.6) is 0 Å². The molecule has 0 saturated carbocycles. The van der Waals surface area contributed by atoms with Gasteiger partial charge in [-0.3, -0.25) is 4.79 Å². The van der Waals surface area contributed by atoms with Crippen LogP contribution in [0.1, 0.15) is 23.6 Å². The molecule has 0 radical (unpaired) electrons. The van der Waals surface area contributed by atoms with E-state index in [0.717, 1.165) is 22.4 Å². The summed E-state index contributed by atoms with van der Waals surface area (Å²) in [6.45, 7) is 2.80. The molecule has 1 amide bonds. The van der Waals surface area contributed by atoms with Crippen LogP contribution in [-0.2, 0) is 4.79 Å². The number of fused-ring (bicyclic) bond motifs is 8. The average molecular weight is 324 g/mol. The Kier molecular flexibility index (Phi) is 2.28. The standard InChI is InChI=1S/C22H16N2O/c1-11-12-6-2-3-7-13(12)19-17(11)21-18(15-10-23-22(25)20(15)19)14-8-4-5-9-16(14)24-21/h2-9,21,24H,10H2,1H3,(H,23,25). The van der Waals surface area contributed by atoms with Crippen molar-refractivity contribution in [3.8, 4) is 0 Å². The lowest BCUT2D eigenvalue weighted by molar-refractivity contribution is -0.116. The summed E-state index contributed by atoms with van der Waals surface area (Å²) in [6.07, 6.45) is 0. The largest absolute Gasteiger partial charge is 0.374 e. The third kappa shape index (κ3) is 1.45. The quantitative estimate of drug-likeness (QED) is 0.777. The fraction of sp³-hybridized carbons (Fsp3) is 0.136. The molecule has 6 rings (SSSR count). The van der Waals surface area contributed by atoms with E-state index in [1.165, 1.54) is 33.4 Å². The van der Waals surface area contributed by atoms with E-state index in [1.54, 1.807) is 0 Å². The maximum absolute atomic E-state index is 12.7. The fourth-order valence-electron chi connectivity index (χ4n) is 4.89. The first kappa shape index (κ1) is 13.2. The van der Waals surface area contributed by atoms with Gasteiger partial charge in [-0.25, -0.2) is 0 Å². The van der Waals surface area contributed by atoms with Crippen LogP contribution in [0.2, 0.25) is 0 Å². The van der Waals surface area contributed by atoms with Crippen molar-refractivity contribution in [1.29, 1.82) is 0 Å². The zero-order valence-electron chi connectivity index (χ0n) is 13.8. The number of allylic oxidation sites excluding steroid dienone is 1. The first-order valence-corrected chi connectivity index (χ1v) is 8.68. The molecule has 2 aliphatic carbocycles. The van der Waals surface area contributed by atoms with Crippen molar-refractivity contribution in [2.75, 3.05) is 11.9 Å². The van der Waals surface area contributed by atoms with Gasteiger partial charge in [0.1, 0.15) is 0 Å². The highest BCUT2D eigenvalue weighted by Crippen LogP contribution is 2.55. The molecule has 1 unspecified atom stereocenters. The number of anilines is 1. The van der Waals surface area contributed by atoms with Crippen molar-refractivity contribution in [2.24, 2.45) is 0 Å². The number of para-hydroxylation sites is 1. The van der Waals surface area contributed by atoms with Gasteiger partial charge in [-0.1, -0.05) is 42.5 Å². The molecular weight excluding hydrogens is 308 g/mol. The summed E-state index contributed by atoms with van der Waals surface area (Å²) >= 11 is 0. The highest BCUT2D eigenvalue weighted by atomic mass is 16.2. The second-order valence-electron chi connectivity index (χ2n) is 7.03. The molecular formula is C22H16N2O. The monoisotopic (exact) mass is 324 g/mol. The molecule has 3 heteroatoms. The van der Waals surface area contributed by atoms with Gasteiger partial charge in [0.25, 0.3) is 5.91 Å². The third-order valence-corrected chi connectivity index (χ3v) is 5.90. The van der Waals surface area contributed by atoms with Crippen molar-refractivity contribution in [1.82, 2.24) is 5.32 Å². The second-order valence-corrected chi connectivity index (χ2v) is 7.03. The maximum Gasteiger partial charge on any atom is 0.252 e. The Morgan fingerprint density at radius 3 is 2.44 bits per heavy atom. The molecule has 2 aromatic rings. The number of nitrogens with one attached hydrogen (secondary N) is 2. The average Bonchev–Trinajstić information content (AvgIpc) is 3.28. The molecule has 0 bridgehead atoms. The minimum atomic E-state index is 0.0577. The van der Waals surface area contributed by atoms with Crippen molar-refractivity contribution in [2.45, 2.75) is 13.0 Å². The van der Waals surface area contributed by atoms with E-state index >= 15 is 0 Å². The summed E-state index contributed by atoms with van der Waals surface area (Å²) < 4.78 is 0. The Balaban J connectivity index is 1.75. The molecule has 0 spiro atoms. The lowest BCUT2D eigenvalue weighted by Gasteiger charge is -2.26. The van der Waals surface area contributed by atoms with Crippen LogP contribution in [0.4, 0.5) is 5.69 Å². The molecule has 120 valence electrons. The van der Waals surface area contributed by atoms with Gasteiger partial charge in [-0.2, -0.15) is 0 Å². The predicted molar refractivity (Wildman–Crippen MR) is 99.7 cm³/mol. The van der Waals surface area contributed by atoms with Crippen LogP contribution in [0.15, 0.2) is 65.3 Å². The summed E-state index contributed by atoms with van der Waals surface area (Å²) in [6, 6.07) is 17.0. The van der Waals surface area contributed by atoms with E-state index in [4.69, 9.17) is 0 Å². The minimum absolute atomic E-state index is 0.0577. The van der Waals surface area contributed by atoms with E-state index in [2.05, 4.69) is 66.1 Å². The number of carbonyl (C=O) groups excluding carboxylic acids is 1. The summed E-state index contributed by atoms with van der Waals surface area (Å²) in [7, 11) is 0. The third-order valence-electron chi connectivity index (χ3n) is 5.90. The minimum Gasteiger partial charge on any atom is -0.374 e. The van der Waals surface area contributed by atoms with Crippen LogP contribution >= 0.6 is 0 Å². The highest BCUT2D eigenvalue weighted by molar-refractivity contribution is 6.21. The van der Waals surface area contributed by atoms with Gasteiger partial charge in [0.2, 0.25) is 0 Å². The number of hydrogen-bond acceptors (Lipinski definition) is 2. The smallest absolute Gasteiger partial charge is 0.252 e. The summed E-state index contributed by atoms with van der Waals surface area (Å²) in [5.41, 5.74) is 11.8. The lowest BCUT2D eigenvalue weighted by atomic mass is 9.78. The number of rotatable bonds is 0. The molecule has 3 nitrogen and oxygen atoms in total. The molecule has 2 aromatic carbocycles. The summed E-state index contributed by atoms with van der Waals surface area (Å²) in [5, 5.41) is 6.77. The van der Waals surface area contributed by atoms with Crippen LogP contribution in [-0.4, -0.2) is 18.5 Å². The fourth-order valence-corrected chi connectivity index (χ4v) is 4.89. The molecule has 4 aliphatic rings. The van der Waals surface area contributed by atoms with Crippen molar-refractivity contribution in [3.05, 3.63) is 81.9 Å². The zero-order chi connectivity index (χ0) is 16.7. The van der Waals surface area contributed by atoms with Gasteiger partial charge in [0, 0.05) is 23.4 Å². The van der Waals surface area contributed by atoms with Crippen LogP contribution in [0, 0.1) is 0 Å². The molecule has 25 heavy (non-hydrogen) atoms. The maximum atomic E-state index is 12.7. The Labute approximate surface area is 145 Å². The van der Waals surface area contributed by atoms with Gasteiger partial charge in [-0.05, 0) is 46.4 Å².